The quantitative estimate of drug-likeness (QED) is 0.803. The minimum atomic E-state index is -3.56. The molecule has 1 saturated heterocycles. The maximum Gasteiger partial charge on any atom is 0.254 e. The number of halogens is 1. The molecule has 3 rings (SSSR count). The van der Waals surface area contributed by atoms with Crippen molar-refractivity contribution in [2.24, 2.45) is 11.7 Å². The molecule has 8 heteroatoms. The maximum atomic E-state index is 12.9. The zero-order valence-electron chi connectivity index (χ0n) is 14.6. The van der Waals surface area contributed by atoms with Crippen molar-refractivity contribution in [2.45, 2.75) is 50.1 Å². The van der Waals surface area contributed by atoms with Crippen LogP contribution in [0.15, 0.2) is 23.1 Å². The highest BCUT2D eigenvalue weighted by atomic mass is 35.5. The predicted molar refractivity (Wildman–Crippen MR) is 99.4 cm³/mol. The summed E-state index contributed by atoms with van der Waals surface area (Å²) < 4.78 is 27.5. The van der Waals surface area contributed by atoms with E-state index in [-0.39, 0.29) is 35.3 Å². The molecule has 140 valence electrons. The van der Waals surface area contributed by atoms with Crippen molar-refractivity contribution in [1.29, 1.82) is 0 Å². The number of nitrogens with zero attached hydrogens (tertiary/aromatic N) is 1. The summed E-state index contributed by atoms with van der Waals surface area (Å²) in [5.74, 6) is 0.201. The van der Waals surface area contributed by atoms with Crippen molar-refractivity contribution in [3.8, 4) is 0 Å². The molecule has 0 aromatic heterocycles. The zero-order valence-corrected chi connectivity index (χ0v) is 16.2. The first-order chi connectivity index (χ1) is 11.3. The number of benzene rings is 1. The number of hydrogen-bond acceptors (Lipinski definition) is 4. The van der Waals surface area contributed by atoms with E-state index in [1.165, 1.54) is 6.07 Å². The molecular weight excluding hydrogens is 362 g/mol. The Morgan fingerprint density at radius 1 is 1.36 bits per heavy atom. The Balaban J connectivity index is 0.00000225. The molecule has 0 spiro atoms. The summed E-state index contributed by atoms with van der Waals surface area (Å²) >= 11 is 0. The topological polar surface area (TPSA) is 92.5 Å². The lowest BCUT2D eigenvalue weighted by Crippen LogP contribution is -2.35. The number of nitrogens with two attached hydrogens (primary N) is 1. The molecule has 2 aliphatic rings. The summed E-state index contributed by atoms with van der Waals surface area (Å²) in [6.45, 7) is 5.04. The van der Waals surface area contributed by atoms with Crippen LogP contribution in [0.25, 0.3) is 0 Å². The number of nitrogens with one attached hydrogen (secondary N) is 1. The third-order valence-corrected chi connectivity index (χ3v) is 6.42. The molecule has 0 bridgehead atoms. The van der Waals surface area contributed by atoms with Crippen LogP contribution in [-0.4, -0.2) is 44.4 Å². The largest absolute Gasteiger partial charge is 0.336 e. The van der Waals surface area contributed by atoms with Crippen LogP contribution in [0.3, 0.4) is 0 Å². The van der Waals surface area contributed by atoms with Gasteiger partial charge in [0.2, 0.25) is 10.0 Å². The average Bonchev–Trinajstić information content (AvgIpc) is 3.25. The first kappa shape index (κ1) is 20.2. The molecule has 25 heavy (non-hydrogen) atoms. The van der Waals surface area contributed by atoms with Crippen molar-refractivity contribution < 1.29 is 13.2 Å². The van der Waals surface area contributed by atoms with E-state index in [0.29, 0.717) is 24.6 Å². The summed E-state index contributed by atoms with van der Waals surface area (Å²) in [6.07, 6.45) is 2.65. The molecular formula is C17H26ClN3O3S. The summed E-state index contributed by atoms with van der Waals surface area (Å²) in [5, 5.41) is 0. The fraction of sp³-hybridized carbons (Fsp3) is 0.588. The van der Waals surface area contributed by atoms with Gasteiger partial charge in [-0.25, -0.2) is 13.1 Å². The van der Waals surface area contributed by atoms with Crippen molar-refractivity contribution in [3.63, 3.8) is 0 Å². The zero-order chi connectivity index (χ0) is 17.5. The number of hydrogen-bond donors (Lipinski definition) is 2. The number of carbonyl (C=O) groups excluding carboxylic acids is 1. The van der Waals surface area contributed by atoms with Gasteiger partial charge in [0.25, 0.3) is 5.91 Å². The van der Waals surface area contributed by atoms with Crippen LogP contribution >= 0.6 is 12.4 Å². The Morgan fingerprint density at radius 2 is 2.04 bits per heavy atom. The molecule has 1 aliphatic heterocycles. The van der Waals surface area contributed by atoms with Gasteiger partial charge in [-0.05, 0) is 63.3 Å². The van der Waals surface area contributed by atoms with E-state index in [2.05, 4.69) is 4.72 Å². The summed E-state index contributed by atoms with van der Waals surface area (Å²) in [5.41, 5.74) is 6.98. The lowest BCUT2D eigenvalue weighted by atomic mass is 10.1. The lowest BCUT2D eigenvalue weighted by molar-refractivity contribution is 0.0742. The molecule has 0 radical (unpaired) electrons. The van der Waals surface area contributed by atoms with Gasteiger partial charge in [0, 0.05) is 24.2 Å². The van der Waals surface area contributed by atoms with Crippen LogP contribution in [0.5, 0.6) is 0 Å². The van der Waals surface area contributed by atoms with E-state index in [1.807, 2.05) is 18.7 Å². The van der Waals surface area contributed by atoms with Crippen molar-refractivity contribution >= 4 is 28.3 Å². The number of aryl methyl sites for hydroxylation is 1. The second kappa shape index (κ2) is 7.61. The van der Waals surface area contributed by atoms with E-state index in [1.54, 1.807) is 12.1 Å². The summed E-state index contributed by atoms with van der Waals surface area (Å²) in [6, 6.07) is 4.93. The second-order valence-electron chi connectivity index (χ2n) is 7.02. The Bertz CT molecular complexity index is 750. The van der Waals surface area contributed by atoms with Gasteiger partial charge in [0.05, 0.1) is 4.90 Å². The minimum Gasteiger partial charge on any atom is -0.336 e. The SMILES string of the molecule is Cc1ccc(S(=O)(=O)NC2CC2)cc1C(=O)N1CC(CN)CC1C.Cl. The van der Waals surface area contributed by atoms with Gasteiger partial charge in [-0.3, -0.25) is 4.79 Å². The van der Waals surface area contributed by atoms with E-state index in [0.717, 1.165) is 24.8 Å². The predicted octanol–water partition coefficient (Wildman–Crippen LogP) is 1.67. The number of amides is 1. The smallest absolute Gasteiger partial charge is 0.254 e. The number of likely N-dealkylation sites (tertiary alicyclic amines) is 1. The summed E-state index contributed by atoms with van der Waals surface area (Å²) in [4.78, 5) is 14.9. The Morgan fingerprint density at radius 3 is 2.60 bits per heavy atom. The molecule has 6 nitrogen and oxygen atoms in total. The van der Waals surface area contributed by atoms with Crippen molar-refractivity contribution in [3.05, 3.63) is 29.3 Å². The molecule has 2 unspecified atom stereocenters. The third kappa shape index (κ3) is 4.34. The molecule has 2 fully saturated rings. The van der Waals surface area contributed by atoms with E-state index in [9.17, 15) is 13.2 Å². The molecule has 1 aromatic rings. The number of sulfonamides is 1. The standard InChI is InChI=1S/C17H25N3O3S.ClH/c1-11-3-6-15(24(22,23)19-14-4-5-14)8-16(11)17(21)20-10-13(9-18)7-12(20)2;/h3,6,8,12-14,19H,4-5,7,9-10,18H2,1-2H3;1H. The highest BCUT2D eigenvalue weighted by Crippen LogP contribution is 2.27. The van der Waals surface area contributed by atoms with Crippen LogP contribution in [-0.2, 0) is 10.0 Å². The molecule has 1 aliphatic carbocycles. The van der Waals surface area contributed by atoms with Crippen LogP contribution in [0.1, 0.15) is 42.1 Å². The highest BCUT2D eigenvalue weighted by Gasteiger charge is 2.33. The first-order valence-corrected chi connectivity index (χ1v) is 9.94. The Hall–Kier alpha value is -1.15. The molecule has 1 saturated carbocycles. The molecule has 1 amide bonds. The fourth-order valence-electron chi connectivity index (χ4n) is 3.24. The minimum absolute atomic E-state index is 0. The summed E-state index contributed by atoms with van der Waals surface area (Å²) in [7, 11) is -3.56. The normalized spacial score (nSPS) is 23.4. The molecule has 1 heterocycles. The van der Waals surface area contributed by atoms with Crippen molar-refractivity contribution in [1.82, 2.24) is 9.62 Å². The van der Waals surface area contributed by atoms with Crippen LogP contribution in [0.4, 0.5) is 0 Å². The van der Waals surface area contributed by atoms with E-state index < -0.39 is 10.0 Å². The van der Waals surface area contributed by atoms with Gasteiger partial charge in [0.15, 0.2) is 0 Å². The van der Waals surface area contributed by atoms with Gasteiger partial charge in [-0.1, -0.05) is 6.07 Å². The average molecular weight is 388 g/mol. The van der Waals surface area contributed by atoms with Crippen LogP contribution in [0.2, 0.25) is 0 Å². The van der Waals surface area contributed by atoms with Gasteiger partial charge in [-0.15, -0.1) is 12.4 Å². The number of rotatable bonds is 5. The Kier molecular flexibility index (Phi) is 6.14. The monoisotopic (exact) mass is 387 g/mol. The molecule has 1 aromatic carbocycles. The van der Waals surface area contributed by atoms with E-state index >= 15 is 0 Å². The first-order valence-electron chi connectivity index (χ1n) is 8.46. The fourth-order valence-corrected chi connectivity index (χ4v) is 4.57. The van der Waals surface area contributed by atoms with E-state index in [4.69, 9.17) is 5.73 Å². The highest BCUT2D eigenvalue weighted by molar-refractivity contribution is 7.89. The maximum absolute atomic E-state index is 12.9. The van der Waals surface area contributed by atoms with Crippen LogP contribution in [0, 0.1) is 12.8 Å². The van der Waals surface area contributed by atoms with Crippen molar-refractivity contribution in [2.75, 3.05) is 13.1 Å². The van der Waals surface area contributed by atoms with Gasteiger partial charge < -0.3 is 10.6 Å². The Labute approximate surface area is 155 Å². The van der Waals surface area contributed by atoms with Gasteiger partial charge >= 0.3 is 0 Å². The number of carbonyl (C=O) groups is 1. The van der Waals surface area contributed by atoms with Gasteiger partial charge in [0.1, 0.15) is 0 Å². The molecule has 2 atom stereocenters. The van der Waals surface area contributed by atoms with Gasteiger partial charge in [-0.2, -0.15) is 0 Å². The second-order valence-corrected chi connectivity index (χ2v) is 8.73. The van der Waals surface area contributed by atoms with Crippen LogP contribution < -0.4 is 10.5 Å². The third-order valence-electron chi connectivity index (χ3n) is 4.90. The lowest BCUT2D eigenvalue weighted by Gasteiger charge is -2.23. The molecule has 3 N–H and O–H groups in total.